The summed E-state index contributed by atoms with van der Waals surface area (Å²) in [7, 11) is 1.38. The van der Waals surface area contributed by atoms with Crippen LogP contribution in [0.1, 0.15) is 12.5 Å². The van der Waals surface area contributed by atoms with Crippen molar-refractivity contribution < 1.29 is 83.5 Å². The van der Waals surface area contributed by atoms with Gasteiger partial charge in [-0.25, -0.2) is 4.79 Å². The number of carbonyl (C=O) groups is 1. The van der Waals surface area contributed by atoms with Gasteiger partial charge >= 0.3 is 5.97 Å². The van der Waals surface area contributed by atoms with E-state index in [1.165, 1.54) is 44.6 Å². The lowest BCUT2D eigenvalue weighted by atomic mass is 9.85. The second kappa shape index (κ2) is 13.8. The van der Waals surface area contributed by atoms with Crippen molar-refractivity contribution in [3.63, 3.8) is 0 Å². The Balaban J connectivity index is 1.19. The van der Waals surface area contributed by atoms with Crippen LogP contribution in [0.5, 0.6) is 11.5 Å². The van der Waals surface area contributed by atoms with Crippen LogP contribution in [0.3, 0.4) is 0 Å². The van der Waals surface area contributed by atoms with E-state index in [1.807, 2.05) is 0 Å². The SMILES string of the molecule is COc1cc(C=CC(=O)O[C@H]2[C@H](O[C@H]3[C@@H]4C=CO[C@@H](O[C@@H]5O[C@H](CO)[C@@H](O)[C@H](O)[C@H]5O)[C@@H]4[C@@]4(CO)O[C@@H]34)O[C@@H](C)[C@H](O)[C@H]2O)ccc1O. The summed E-state index contributed by atoms with van der Waals surface area (Å²) in [5, 5.41) is 82.2. The fourth-order valence-electron chi connectivity index (χ4n) is 6.84. The number of fused-ring (bicyclic) bond motifs is 3. The van der Waals surface area contributed by atoms with E-state index in [1.54, 1.807) is 6.08 Å². The number of rotatable bonds is 10. The minimum absolute atomic E-state index is 0.0899. The summed E-state index contributed by atoms with van der Waals surface area (Å²) in [6.45, 7) is 0.332. The third kappa shape index (κ3) is 6.19. The number of ether oxygens (including phenoxy) is 8. The summed E-state index contributed by atoms with van der Waals surface area (Å²) < 4.78 is 45.8. The van der Waals surface area contributed by atoms with Gasteiger partial charge in [0.1, 0.15) is 48.3 Å². The molecule has 0 bridgehead atoms. The number of hydrogen-bond donors (Lipinski definition) is 8. The predicted molar refractivity (Wildman–Crippen MR) is 155 cm³/mol. The Hall–Kier alpha value is -2.91. The molecule has 1 aliphatic carbocycles. The number of benzene rings is 1. The lowest BCUT2D eigenvalue weighted by molar-refractivity contribution is -0.347. The maximum Gasteiger partial charge on any atom is 0.331 e. The van der Waals surface area contributed by atoms with E-state index >= 15 is 0 Å². The zero-order valence-corrected chi connectivity index (χ0v) is 25.9. The van der Waals surface area contributed by atoms with Crippen molar-refractivity contribution in [2.45, 2.75) is 92.4 Å². The molecule has 5 aliphatic rings. The minimum atomic E-state index is -1.71. The molecule has 16 atom stereocenters. The number of hydrogen-bond acceptors (Lipinski definition) is 17. The smallest absolute Gasteiger partial charge is 0.331 e. The fraction of sp³-hybridized carbons (Fsp3) is 0.645. The highest BCUT2D eigenvalue weighted by atomic mass is 16.8. The van der Waals surface area contributed by atoms with Crippen LogP contribution in [0.4, 0.5) is 0 Å². The summed E-state index contributed by atoms with van der Waals surface area (Å²) >= 11 is 0. The van der Waals surface area contributed by atoms with E-state index in [9.17, 15) is 45.6 Å². The Morgan fingerprint density at radius 2 is 1.71 bits per heavy atom. The molecule has 0 aromatic heterocycles. The minimum Gasteiger partial charge on any atom is -0.504 e. The molecule has 1 saturated carbocycles. The summed E-state index contributed by atoms with van der Waals surface area (Å²) in [5.74, 6) is -2.18. The van der Waals surface area contributed by atoms with Gasteiger partial charge in [-0.15, -0.1) is 0 Å². The van der Waals surface area contributed by atoms with Crippen molar-refractivity contribution >= 4 is 12.0 Å². The number of aliphatic hydroxyl groups excluding tert-OH is 7. The van der Waals surface area contributed by atoms with Gasteiger partial charge in [0.15, 0.2) is 30.2 Å². The summed E-state index contributed by atoms with van der Waals surface area (Å²) in [5.41, 5.74) is -0.754. The van der Waals surface area contributed by atoms with Crippen LogP contribution in [0.2, 0.25) is 0 Å². The fourth-order valence-corrected chi connectivity index (χ4v) is 6.84. The van der Waals surface area contributed by atoms with Crippen LogP contribution < -0.4 is 4.74 Å². The average molecular weight is 685 g/mol. The van der Waals surface area contributed by atoms with Crippen molar-refractivity contribution in [1.29, 1.82) is 0 Å². The second-order valence-corrected chi connectivity index (χ2v) is 12.4. The van der Waals surface area contributed by atoms with Crippen LogP contribution in [0.25, 0.3) is 6.08 Å². The second-order valence-electron chi connectivity index (χ2n) is 12.4. The molecule has 48 heavy (non-hydrogen) atoms. The Bertz CT molecular complexity index is 1370. The van der Waals surface area contributed by atoms with Crippen molar-refractivity contribution in [1.82, 2.24) is 0 Å². The first-order valence-electron chi connectivity index (χ1n) is 15.4. The summed E-state index contributed by atoms with van der Waals surface area (Å²) in [6, 6.07) is 4.41. The normalized spacial score (nSPS) is 44.9. The first-order valence-corrected chi connectivity index (χ1v) is 15.4. The monoisotopic (exact) mass is 684 g/mol. The van der Waals surface area contributed by atoms with E-state index in [2.05, 4.69) is 0 Å². The Morgan fingerprint density at radius 1 is 0.938 bits per heavy atom. The molecule has 4 heterocycles. The van der Waals surface area contributed by atoms with E-state index in [0.717, 1.165) is 6.08 Å². The van der Waals surface area contributed by atoms with E-state index < -0.39 is 117 Å². The lowest BCUT2D eigenvalue weighted by Crippen LogP contribution is -2.61. The largest absolute Gasteiger partial charge is 0.504 e. The maximum absolute atomic E-state index is 12.9. The predicted octanol–water partition coefficient (Wildman–Crippen LogP) is -2.76. The number of esters is 1. The van der Waals surface area contributed by atoms with Crippen LogP contribution in [0.15, 0.2) is 36.6 Å². The number of carbonyl (C=O) groups excluding carboxylic acids is 1. The number of aliphatic hydroxyl groups is 7. The molecular formula is C31H40O17. The van der Waals surface area contributed by atoms with Gasteiger partial charge in [0.2, 0.25) is 6.29 Å². The topological polar surface area (TPSA) is 256 Å². The average Bonchev–Trinajstić information content (AvgIpc) is 3.76. The molecule has 266 valence electrons. The molecule has 0 radical (unpaired) electrons. The molecule has 17 heteroatoms. The first kappa shape index (κ1) is 34.9. The number of aromatic hydroxyl groups is 1. The van der Waals surface area contributed by atoms with Crippen LogP contribution in [-0.4, -0.2) is 153 Å². The first-order chi connectivity index (χ1) is 22.9. The molecule has 6 rings (SSSR count). The molecule has 0 unspecified atom stereocenters. The van der Waals surface area contributed by atoms with Gasteiger partial charge in [0, 0.05) is 12.0 Å². The quantitative estimate of drug-likeness (QED) is 0.0705. The molecule has 4 fully saturated rings. The van der Waals surface area contributed by atoms with Gasteiger partial charge < -0.3 is 78.7 Å². The Kier molecular flexibility index (Phi) is 10.0. The highest BCUT2D eigenvalue weighted by Gasteiger charge is 2.77. The molecular weight excluding hydrogens is 644 g/mol. The summed E-state index contributed by atoms with van der Waals surface area (Å²) in [4.78, 5) is 12.9. The molecule has 4 aliphatic heterocycles. The van der Waals surface area contributed by atoms with Gasteiger partial charge in [-0.05, 0) is 36.8 Å². The molecule has 0 spiro atoms. The lowest BCUT2D eigenvalue weighted by Gasteiger charge is -2.44. The van der Waals surface area contributed by atoms with Crippen molar-refractivity contribution in [3.05, 3.63) is 42.2 Å². The number of methoxy groups -OCH3 is 1. The number of phenolic OH excluding ortho intramolecular Hbond substituents is 1. The van der Waals surface area contributed by atoms with Gasteiger partial charge in [-0.1, -0.05) is 6.07 Å². The standard InChI is InChI=1S/C31H40O17/c1-12-20(36)23(39)26(45-18(35)6-4-13-3-5-15(34)16(9-13)41-2)30(43-12)46-25-14-7-8-42-28(19(14)31(11-33)27(25)48-31)47-29-24(40)22(38)21(37)17(10-32)44-29/h3-9,12,14,17,19-30,32-34,36-40H,10-11H2,1-2H3/t12-,14+,17+,19+,20-,21+,22-,23+,24+,25-,26+,27-,28-,29-,30-,31+/m0/s1. The van der Waals surface area contributed by atoms with E-state index in [-0.39, 0.29) is 11.5 Å². The zero-order valence-electron chi connectivity index (χ0n) is 25.9. The van der Waals surface area contributed by atoms with Gasteiger partial charge in [0.05, 0.1) is 44.7 Å². The molecule has 17 nitrogen and oxygen atoms in total. The van der Waals surface area contributed by atoms with Crippen molar-refractivity contribution in [2.75, 3.05) is 20.3 Å². The molecule has 8 N–H and O–H groups in total. The van der Waals surface area contributed by atoms with Crippen molar-refractivity contribution in [3.8, 4) is 11.5 Å². The molecule has 1 aromatic carbocycles. The number of epoxide rings is 1. The van der Waals surface area contributed by atoms with Crippen LogP contribution in [-0.2, 0) is 38.0 Å². The molecule has 1 aromatic rings. The van der Waals surface area contributed by atoms with Gasteiger partial charge in [0.25, 0.3) is 0 Å². The Morgan fingerprint density at radius 3 is 2.42 bits per heavy atom. The third-order valence-corrected chi connectivity index (χ3v) is 9.54. The summed E-state index contributed by atoms with van der Waals surface area (Å²) in [6.07, 6.45) is -12.1. The number of phenols is 1. The van der Waals surface area contributed by atoms with Crippen molar-refractivity contribution in [2.24, 2.45) is 11.8 Å². The van der Waals surface area contributed by atoms with Gasteiger partial charge in [-0.3, -0.25) is 0 Å². The zero-order chi connectivity index (χ0) is 34.5. The highest BCUT2D eigenvalue weighted by Crippen LogP contribution is 2.61. The van der Waals surface area contributed by atoms with Crippen LogP contribution in [0, 0.1) is 11.8 Å². The molecule has 3 saturated heterocycles. The van der Waals surface area contributed by atoms with E-state index in [4.69, 9.17) is 37.9 Å². The highest BCUT2D eigenvalue weighted by molar-refractivity contribution is 5.87. The molecule has 0 amide bonds. The Labute approximate surface area is 274 Å². The van der Waals surface area contributed by atoms with E-state index in [0.29, 0.717) is 5.56 Å². The van der Waals surface area contributed by atoms with Crippen LogP contribution >= 0.6 is 0 Å². The maximum atomic E-state index is 12.9. The third-order valence-electron chi connectivity index (χ3n) is 9.54. The van der Waals surface area contributed by atoms with Gasteiger partial charge in [-0.2, -0.15) is 0 Å².